The van der Waals surface area contributed by atoms with E-state index < -0.39 is 0 Å². The van der Waals surface area contributed by atoms with Crippen molar-refractivity contribution in [3.8, 4) is 0 Å². The molecule has 11 heavy (non-hydrogen) atoms. The highest BCUT2D eigenvalue weighted by atomic mass is 32.2. The molecule has 0 aromatic carbocycles. The molecule has 0 aromatic rings. The fourth-order valence-electron chi connectivity index (χ4n) is 0.859. The molecule has 0 saturated carbocycles. The number of nitrogens with zero attached hydrogens (tertiary/aromatic N) is 1. The first-order valence-corrected chi connectivity index (χ1v) is 7.84. The van der Waals surface area contributed by atoms with Crippen molar-refractivity contribution in [2.45, 2.75) is 13.8 Å². The number of aliphatic imine (C=N–C) groups is 1. The minimum Gasteiger partial charge on any atom is -0.294 e. The second-order valence-electron chi connectivity index (χ2n) is 2.30. The van der Waals surface area contributed by atoms with E-state index in [9.17, 15) is 0 Å². The van der Waals surface area contributed by atoms with Crippen LogP contribution in [0.25, 0.3) is 0 Å². The molecule has 0 fully saturated rings. The molecular formula is C7H17NSSi2. The van der Waals surface area contributed by atoms with Crippen molar-refractivity contribution < 1.29 is 0 Å². The van der Waals surface area contributed by atoms with Gasteiger partial charge in [0, 0.05) is 32.4 Å². The standard InChI is InChI=1S/C7H17NSSi2/c1-6(8-4-10)3-7(2)9-5-11/h3H,4-5H2,1-2,10-11H3/b7-3-,8-6?. The summed E-state index contributed by atoms with van der Waals surface area (Å²) in [6, 6.07) is 0. The van der Waals surface area contributed by atoms with Crippen molar-refractivity contribution in [2.24, 2.45) is 4.99 Å². The third-order valence-corrected chi connectivity index (χ3v) is 3.24. The molecule has 0 saturated heterocycles. The summed E-state index contributed by atoms with van der Waals surface area (Å²) in [5.41, 5.74) is 1.18. The molecule has 0 radical (unpaired) electrons. The van der Waals surface area contributed by atoms with Crippen molar-refractivity contribution in [3.63, 3.8) is 0 Å². The average Bonchev–Trinajstić information content (AvgIpc) is 1.87. The molecule has 64 valence electrons. The van der Waals surface area contributed by atoms with Crippen LogP contribution in [-0.4, -0.2) is 37.7 Å². The third kappa shape index (κ3) is 6.59. The van der Waals surface area contributed by atoms with Gasteiger partial charge in [-0.05, 0) is 30.2 Å². The van der Waals surface area contributed by atoms with E-state index in [0.29, 0.717) is 0 Å². The highest BCUT2D eigenvalue weighted by Gasteiger charge is 1.88. The van der Waals surface area contributed by atoms with Gasteiger partial charge in [-0.15, -0.1) is 11.8 Å². The van der Waals surface area contributed by atoms with Crippen molar-refractivity contribution in [1.82, 2.24) is 0 Å². The maximum Gasteiger partial charge on any atom is 0.0320 e. The Morgan fingerprint density at radius 3 is 2.55 bits per heavy atom. The minimum absolute atomic E-state index is 1.03. The molecule has 0 N–H and O–H groups in total. The van der Waals surface area contributed by atoms with Gasteiger partial charge >= 0.3 is 0 Å². The lowest BCUT2D eigenvalue weighted by Gasteiger charge is -1.96. The molecule has 0 heterocycles. The van der Waals surface area contributed by atoms with Gasteiger partial charge in [-0.2, -0.15) is 0 Å². The van der Waals surface area contributed by atoms with E-state index in [4.69, 9.17) is 0 Å². The predicted molar refractivity (Wildman–Crippen MR) is 64.1 cm³/mol. The summed E-state index contributed by atoms with van der Waals surface area (Å²) >= 11 is 1.94. The van der Waals surface area contributed by atoms with Crippen molar-refractivity contribution in [1.29, 1.82) is 0 Å². The lowest BCUT2D eigenvalue weighted by Crippen LogP contribution is -1.89. The lowest BCUT2D eigenvalue weighted by molar-refractivity contribution is 1.35. The first-order chi connectivity index (χ1) is 5.20. The van der Waals surface area contributed by atoms with Crippen LogP contribution < -0.4 is 0 Å². The van der Waals surface area contributed by atoms with Crippen LogP contribution in [0, 0.1) is 0 Å². The van der Waals surface area contributed by atoms with Crippen molar-refractivity contribution in [2.75, 3.05) is 11.5 Å². The quantitative estimate of drug-likeness (QED) is 0.453. The van der Waals surface area contributed by atoms with Gasteiger partial charge in [-0.25, -0.2) is 0 Å². The molecule has 0 aliphatic rings. The predicted octanol–water partition coefficient (Wildman–Crippen LogP) is -0.270. The fraction of sp³-hybridized carbons (Fsp3) is 0.571. The van der Waals surface area contributed by atoms with E-state index in [-0.39, 0.29) is 0 Å². The molecular weight excluding hydrogens is 186 g/mol. The Morgan fingerprint density at radius 1 is 1.45 bits per heavy atom. The van der Waals surface area contributed by atoms with Gasteiger partial charge in [0.2, 0.25) is 0 Å². The summed E-state index contributed by atoms with van der Waals surface area (Å²) in [5, 5.41) is 1.29. The second kappa shape index (κ2) is 6.88. The Balaban J connectivity index is 3.96. The van der Waals surface area contributed by atoms with Crippen LogP contribution >= 0.6 is 11.8 Å². The summed E-state index contributed by atoms with van der Waals surface area (Å²) in [5.74, 6) is 0. The lowest BCUT2D eigenvalue weighted by atomic mass is 10.4. The van der Waals surface area contributed by atoms with Gasteiger partial charge in [-0.1, -0.05) is 0 Å². The van der Waals surface area contributed by atoms with Crippen molar-refractivity contribution >= 4 is 38.0 Å². The molecule has 0 bridgehead atoms. The average molecular weight is 203 g/mol. The Hall–Kier alpha value is 0.194. The molecule has 4 heteroatoms. The SMILES string of the molecule is CC(/C=C(/C)SC[SiH3])=NC[SiH3]. The molecule has 0 aromatic heterocycles. The molecule has 0 aliphatic heterocycles. The fourth-order valence-corrected chi connectivity index (χ4v) is 3.43. The van der Waals surface area contributed by atoms with Gasteiger partial charge < -0.3 is 0 Å². The number of thioether (sulfide) groups is 1. The zero-order valence-electron chi connectivity index (χ0n) is 7.85. The van der Waals surface area contributed by atoms with E-state index in [1.807, 2.05) is 11.8 Å². The zero-order chi connectivity index (χ0) is 8.69. The highest BCUT2D eigenvalue weighted by molar-refractivity contribution is 8.03. The highest BCUT2D eigenvalue weighted by Crippen LogP contribution is 2.12. The molecule has 0 unspecified atom stereocenters. The zero-order valence-corrected chi connectivity index (χ0v) is 12.7. The number of hydrogen-bond donors (Lipinski definition) is 0. The summed E-state index contributed by atoms with van der Waals surface area (Å²) in [6.07, 6.45) is 3.21. The van der Waals surface area contributed by atoms with E-state index in [0.717, 1.165) is 6.17 Å². The Bertz CT molecular complexity index is 166. The largest absolute Gasteiger partial charge is 0.294 e. The monoisotopic (exact) mass is 203 g/mol. The van der Waals surface area contributed by atoms with Crippen LogP contribution in [0.3, 0.4) is 0 Å². The van der Waals surface area contributed by atoms with E-state index >= 15 is 0 Å². The van der Waals surface area contributed by atoms with E-state index in [2.05, 4.69) is 24.9 Å². The van der Waals surface area contributed by atoms with Crippen LogP contribution in [0.15, 0.2) is 16.0 Å². The Morgan fingerprint density at radius 2 is 2.09 bits per heavy atom. The van der Waals surface area contributed by atoms with E-state index in [1.165, 1.54) is 36.5 Å². The third-order valence-electron chi connectivity index (χ3n) is 1.19. The number of hydrogen-bond acceptors (Lipinski definition) is 2. The van der Waals surface area contributed by atoms with Crippen molar-refractivity contribution in [3.05, 3.63) is 11.0 Å². The Kier molecular flexibility index (Phi) is 7.00. The summed E-state index contributed by atoms with van der Waals surface area (Å²) in [4.78, 5) is 5.75. The number of allylic oxidation sites excluding steroid dienone is 2. The van der Waals surface area contributed by atoms with Gasteiger partial charge in [0.25, 0.3) is 0 Å². The van der Waals surface area contributed by atoms with Crippen LogP contribution in [0.4, 0.5) is 0 Å². The molecule has 0 aliphatic carbocycles. The topological polar surface area (TPSA) is 12.4 Å². The molecule has 1 nitrogen and oxygen atoms in total. The molecule has 0 amide bonds. The maximum atomic E-state index is 4.35. The van der Waals surface area contributed by atoms with Crippen LogP contribution in [0.2, 0.25) is 0 Å². The van der Waals surface area contributed by atoms with Crippen LogP contribution in [0.1, 0.15) is 13.8 Å². The summed E-state index contributed by atoms with van der Waals surface area (Å²) < 4.78 is 0. The first-order valence-electron chi connectivity index (χ1n) is 4.02. The van der Waals surface area contributed by atoms with Gasteiger partial charge in [0.15, 0.2) is 0 Å². The van der Waals surface area contributed by atoms with Crippen LogP contribution in [-0.2, 0) is 0 Å². The van der Waals surface area contributed by atoms with Crippen LogP contribution in [0.5, 0.6) is 0 Å². The first kappa shape index (κ1) is 11.2. The Labute approximate surface area is 79.6 Å². The van der Waals surface area contributed by atoms with Gasteiger partial charge in [0.05, 0.1) is 0 Å². The molecule has 0 atom stereocenters. The second-order valence-corrected chi connectivity index (χ2v) is 6.18. The smallest absolute Gasteiger partial charge is 0.0320 e. The normalized spacial score (nSPS) is 14.4. The van der Waals surface area contributed by atoms with Gasteiger partial charge in [-0.3, -0.25) is 4.99 Å². The molecule has 0 rings (SSSR count). The van der Waals surface area contributed by atoms with Gasteiger partial charge in [0.1, 0.15) is 0 Å². The molecule has 0 spiro atoms. The minimum atomic E-state index is 1.03. The maximum absolute atomic E-state index is 4.35. The number of rotatable bonds is 4. The summed E-state index contributed by atoms with van der Waals surface area (Å²) in [6.45, 7) is 4.24. The van der Waals surface area contributed by atoms with E-state index in [1.54, 1.807) is 0 Å². The summed E-state index contributed by atoms with van der Waals surface area (Å²) in [7, 11) is 2.45.